The van der Waals surface area contributed by atoms with Crippen molar-refractivity contribution in [1.82, 2.24) is 0 Å². The van der Waals surface area contributed by atoms with Gasteiger partial charge in [-0.15, -0.1) is 0 Å². The zero-order valence-corrected chi connectivity index (χ0v) is 28.6. The molecule has 0 aromatic heterocycles. The van der Waals surface area contributed by atoms with Crippen molar-refractivity contribution < 1.29 is 50.0 Å². The standard InChI is InChI=1S/C36H58O10/c1-31(2)14-19-18-8-9-23-33(5)15-20(38)28(42)32(3,4)22(33)10-11-35(23,7)34(18,6)12-13-36(19,30(43)44)16-24(31)46-29-27(41)26(40)25(39)21(17-37)45-29/h8,19-29,37-42H,9-17H2,1-7H3,(H,43,44)/t19-,20+,21+,22-,23+,24-,25+,26-,27+,28+,29-,33-,34+,35+,36+/m0/s1. The maximum atomic E-state index is 13.4. The summed E-state index contributed by atoms with van der Waals surface area (Å²) in [4.78, 5) is 13.4. The van der Waals surface area contributed by atoms with Crippen LogP contribution in [0.4, 0.5) is 0 Å². The molecule has 5 fully saturated rings. The summed E-state index contributed by atoms with van der Waals surface area (Å²) in [5, 5.41) is 74.2. The van der Waals surface area contributed by atoms with Crippen molar-refractivity contribution >= 4 is 5.97 Å². The average molecular weight is 651 g/mol. The fourth-order valence-corrected chi connectivity index (χ4v) is 12.3. The van der Waals surface area contributed by atoms with E-state index in [2.05, 4.69) is 54.5 Å². The van der Waals surface area contributed by atoms with Crippen LogP contribution < -0.4 is 0 Å². The Morgan fingerprint density at radius 3 is 2.20 bits per heavy atom. The number of rotatable bonds is 4. The monoisotopic (exact) mass is 650 g/mol. The Bertz CT molecular complexity index is 1250. The van der Waals surface area contributed by atoms with Crippen molar-refractivity contribution in [3.63, 3.8) is 0 Å². The molecule has 0 bridgehead atoms. The number of carbonyl (C=O) groups is 1. The number of aliphatic hydroxyl groups is 6. The molecule has 1 heterocycles. The summed E-state index contributed by atoms with van der Waals surface area (Å²) in [6.45, 7) is 14.8. The van der Waals surface area contributed by atoms with E-state index in [1.807, 2.05) is 0 Å². The predicted octanol–water partition coefficient (Wildman–Crippen LogP) is 3.00. The molecule has 10 heteroatoms. The van der Waals surface area contributed by atoms with Crippen molar-refractivity contribution in [2.24, 2.45) is 50.2 Å². The second-order valence-corrected chi connectivity index (χ2v) is 18.1. The maximum Gasteiger partial charge on any atom is 0.310 e. The second kappa shape index (κ2) is 10.9. The van der Waals surface area contributed by atoms with Gasteiger partial charge in [0, 0.05) is 0 Å². The summed E-state index contributed by atoms with van der Waals surface area (Å²) >= 11 is 0. The van der Waals surface area contributed by atoms with Crippen molar-refractivity contribution in [3.05, 3.63) is 11.6 Å². The summed E-state index contributed by atoms with van der Waals surface area (Å²) in [5.41, 5.74) is -1.30. The summed E-state index contributed by atoms with van der Waals surface area (Å²) in [7, 11) is 0. The van der Waals surface area contributed by atoms with Crippen LogP contribution in [-0.2, 0) is 14.3 Å². The van der Waals surface area contributed by atoms with Crippen LogP contribution in [0.15, 0.2) is 11.6 Å². The van der Waals surface area contributed by atoms with Gasteiger partial charge in [0.15, 0.2) is 6.29 Å². The molecule has 0 unspecified atom stereocenters. The van der Waals surface area contributed by atoms with E-state index < -0.39 is 77.8 Å². The number of ether oxygens (including phenoxy) is 2. The lowest BCUT2D eigenvalue weighted by atomic mass is 9.33. The third-order valence-electron chi connectivity index (χ3n) is 15.3. The lowest BCUT2D eigenvalue weighted by Gasteiger charge is -2.71. The molecule has 7 N–H and O–H groups in total. The normalized spacial score (nSPS) is 54.4. The molecule has 6 rings (SSSR count). The van der Waals surface area contributed by atoms with Gasteiger partial charge in [-0.3, -0.25) is 4.79 Å². The molecule has 5 aliphatic carbocycles. The molecule has 0 amide bonds. The molecule has 4 saturated carbocycles. The summed E-state index contributed by atoms with van der Waals surface area (Å²) in [6, 6.07) is 0. The Hall–Kier alpha value is -1.11. The van der Waals surface area contributed by atoms with Crippen LogP contribution >= 0.6 is 0 Å². The fourth-order valence-electron chi connectivity index (χ4n) is 12.3. The predicted molar refractivity (Wildman–Crippen MR) is 168 cm³/mol. The van der Waals surface area contributed by atoms with Gasteiger partial charge in [0.2, 0.25) is 0 Å². The van der Waals surface area contributed by atoms with Crippen LogP contribution in [0, 0.1) is 50.2 Å². The molecule has 0 aromatic carbocycles. The maximum absolute atomic E-state index is 13.4. The van der Waals surface area contributed by atoms with Gasteiger partial charge in [-0.25, -0.2) is 0 Å². The molecule has 46 heavy (non-hydrogen) atoms. The van der Waals surface area contributed by atoms with Gasteiger partial charge in [0.25, 0.3) is 0 Å². The third kappa shape index (κ3) is 4.53. The van der Waals surface area contributed by atoms with Crippen LogP contribution in [0.25, 0.3) is 0 Å². The molecule has 10 nitrogen and oxygen atoms in total. The highest BCUT2D eigenvalue weighted by Gasteiger charge is 2.71. The summed E-state index contributed by atoms with van der Waals surface area (Å²) in [6.07, 6.45) is -1.61. The first-order chi connectivity index (χ1) is 21.2. The van der Waals surface area contributed by atoms with E-state index in [4.69, 9.17) is 9.47 Å². The van der Waals surface area contributed by atoms with Gasteiger partial charge in [0.1, 0.15) is 24.4 Å². The van der Waals surface area contributed by atoms with Crippen molar-refractivity contribution in [1.29, 1.82) is 0 Å². The lowest BCUT2D eigenvalue weighted by molar-refractivity contribution is -0.325. The second-order valence-electron chi connectivity index (χ2n) is 18.1. The smallest absolute Gasteiger partial charge is 0.310 e. The molecular formula is C36H58O10. The first-order valence-corrected chi connectivity index (χ1v) is 17.5. The van der Waals surface area contributed by atoms with Gasteiger partial charge >= 0.3 is 5.97 Å². The number of carboxylic acid groups (broad SMARTS) is 1. The van der Waals surface area contributed by atoms with Crippen LogP contribution in [0.5, 0.6) is 0 Å². The fraction of sp³-hybridized carbons (Fsp3) is 0.917. The molecule has 262 valence electrons. The van der Waals surface area contributed by atoms with Gasteiger partial charge in [0.05, 0.1) is 30.3 Å². The Labute approximate surface area is 273 Å². The number of hydrogen-bond acceptors (Lipinski definition) is 9. The van der Waals surface area contributed by atoms with Gasteiger partial charge in [-0.1, -0.05) is 60.1 Å². The first-order valence-electron chi connectivity index (χ1n) is 17.5. The molecule has 6 aliphatic rings. The van der Waals surface area contributed by atoms with E-state index in [9.17, 15) is 40.5 Å². The Morgan fingerprint density at radius 1 is 0.891 bits per heavy atom. The van der Waals surface area contributed by atoms with Crippen molar-refractivity contribution in [2.75, 3.05) is 6.61 Å². The van der Waals surface area contributed by atoms with Crippen LogP contribution in [-0.4, -0.2) is 97.3 Å². The van der Waals surface area contributed by atoms with Crippen LogP contribution in [0.2, 0.25) is 0 Å². The minimum atomic E-state index is -1.57. The molecule has 1 saturated heterocycles. The summed E-state index contributed by atoms with van der Waals surface area (Å²) < 4.78 is 12.0. The lowest BCUT2D eigenvalue weighted by Crippen LogP contribution is -2.67. The molecule has 0 radical (unpaired) electrons. The van der Waals surface area contributed by atoms with Crippen LogP contribution in [0.3, 0.4) is 0 Å². The van der Waals surface area contributed by atoms with E-state index in [0.29, 0.717) is 25.7 Å². The molecule has 0 aromatic rings. The number of fused-ring (bicyclic) bond motifs is 7. The molecule has 15 atom stereocenters. The van der Waals surface area contributed by atoms with Gasteiger partial charge < -0.3 is 45.2 Å². The highest BCUT2D eigenvalue weighted by molar-refractivity contribution is 5.77. The van der Waals surface area contributed by atoms with E-state index in [1.54, 1.807) is 0 Å². The molecular weight excluding hydrogens is 592 g/mol. The minimum Gasteiger partial charge on any atom is -0.481 e. The Kier molecular flexibility index (Phi) is 8.27. The molecule has 0 spiro atoms. The van der Waals surface area contributed by atoms with Crippen molar-refractivity contribution in [3.8, 4) is 0 Å². The number of carboxylic acids is 1. The van der Waals surface area contributed by atoms with E-state index in [1.165, 1.54) is 5.57 Å². The van der Waals surface area contributed by atoms with E-state index in [-0.39, 0.29) is 40.4 Å². The third-order valence-corrected chi connectivity index (χ3v) is 15.3. The Morgan fingerprint density at radius 2 is 1.57 bits per heavy atom. The quantitative estimate of drug-likeness (QED) is 0.177. The van der Waals surface area contributed by atoms with Crippen LogP contribution in [0.1, 0.15) is 99.8 Å². The van der Waals surface area contributed by atoms with E-state index >= 15 is 0 Å². The largest absolute Gasteiger partial charge is 0.481 e. The highest BCUT2D eigenvalue weighted by atomic mass is 16.7. The van der Waals surface area contributed by atoms with E-state index in [0.717, 1.165) is 19.3 Å². The molecule has 1 aliphatic heterocycles. The number of allylic oxidation sites excluding steroid dienone is 2. The minimum absolute atomic E-state index is 0.112. The van der Waals surface area contributed by atoms with Crippen molar-refractivity contribution in [2.45, 2.75) is 149 Å². The number of aliphatic carboxylic acids is 1. The highest BCUT2D eigenvalue weighted by Crippen LogP contribution is 2.76. The Balaban J connectivity index is 1.34. The number of aliphatic hydroxyl groups excluding tert-OH is 6. The number of hydrogen-bond donors (Lipinski definition) is 7. The zero-order chi connectivity index (χ0) is 34.0. The first kappa shape index (κ1) is 34.7. The SMILES string of the molecule is CC1(C)C[C@H]2C3=CC[C@@H]4[C@@]5(C)C[C@@H](O)[C@@H](O)C(C)(C)[C@@H]5CC[C@@]4(C)[C@]3(C)CC[C@@]2(C(=O)O)C[C@@H]1O[C@@H]1O[C@H](CO)[C@@H](O)[C@H](O)[C@H]1O. The van der Waals surface area contributed by atoms with Gasteiger partial charge in [-0.05, 0) is 96.2 Å². The topological polar surface area (TPSA) is 177 Å². The average Bonchev–Trinajstić information content (AvgIpc) is 2.96. The summed E-state index contributed by atoms with van der Waals surface area (Å²) in [5.74, 6) is -0.518. The van der Waals surface area contributed by atoms with Gasteiger partial charge in [-0.2, -0.15) is 0 Å². The zero-order valence-electron chi connectivity index (χ0n) is 28.6.